The second kappa shape index (κ2) is 9.58. The number of hydrogen-bond donors (Lipinski definition) is 0. The van der Waals surface area contributed by atoms with Gasteiger partial charge in [-0.2, -0.15) is 0 Å². The first-order chi connectivity index (χ1) is 18.4. The van der Waals surface area contributed by atoms with E-state index in [0.29, 0.717) is 57.8 Å². The molecule has 8 heteroatoms. The molecule has 3 aliphatic rings. The number of benzene rings is 3. The van der Waals surface area contributed by atoms with Gasteiger partial charge < -0.3 is 9.47 Å². The van der Waals surface area contributed by atoms with Crippen molar-refractivity contribution in [2.75, 3.05) is 4.90 Å². The molecule has 0 aromatic heterocycles. The summed E-state index contributed by atoms with van der Waals surface area (Å²) in [4.78, 5) is 52.5. The highest BCUT2D eigenvalue weighted by molar-refractivity contribution is 6.35. The third-order valence-electron chi connectivity index (χ3n) is 7.30. The van der Waals surface area contributed by atoms with E-state index in [2.05, 4.69) is 0 Å². The van der Waals surface area contributed by atoms with Gasteiger partial charge in [-0.15, -0.1) is 0 Å². The number of imide groups is 1. The molecule has 0 N–H and O–H groups in total. The molecule has 2 amide bonds. The largest absolute Gasteiger partial charge is 0.496 e. The van der Waals surface area contributed by atoms with E-state index in [0.717, 1.165) is 4.90 Å². The van der Waals surface area contributed by atoms with Gasteiger partial charge in [0, 0.05) is 17.0 Å². The molecule has 2 heterocycles. The number of amides is 2. The van der Waals surface area contributed by atoms with Crippen LogP contribution in [0.25, 0.3) is 5.57 Å². The molecule has 0 saturated heterocycles. The van der Waals surface area contributed by atoms with Crippen LogP contribution in [0.2, 0.25) is 5.02 Å². The molecular formula is C30H22ClNO6. The van der Waals surface area contributed by atoms with Gasteiger partial charge in [-0.25, -0.2) is 9.69 Å². The normalized spacial score (nSPS) is 22.3. The Balaban J connectivity index is 1.11. The molecule has 0 bridgehead atoms. The lowest BCUT2D eigenvalue weighted by atomic mass is 9.78. The van der Waals surface area contributed by atoms with Gasteiger partial charge in [0.25, 0.3) is 11.8 Å². The first-order valence-electron chi connectivity index (χ1n) is 12.4. The fourth-order valence-electron chi connectivity index (χ4n) is 5.33. The fourth-order valence-corrected chi connectivity index (χ4v) is 5.57. The summed E-state index contributed by atoms with van der Waals surface area (Å²) in [6.45, 7) is 0. The van der Waals surface area contributed by atoms with Crippen molar-refractivity contribution in [1.29, 1.82) is 0 Å². The molecule has 2 aliphatic heterocycles. The van der Waals surface area contributed by atoms with E-state index in [1.165, 1.54) is 18.4 Å². The monoisotopic (exact) mass is 527 g/mol. The first-order valence-corrected chi connectivity index (χ1v) is 12.7. The van der Waals surface area contributed by atoms with Gasteiger partial charge in [0.2, 0.25) is 0 Å². The van der Waals surface area contributed by atoms with Crippen LogP contribution in [-0.2, 0) is 14.3 Å². The minimum absolute atomic E-state index is 0.0112. The summed E-state index contributed by atoms with van der Waals surface area (Å²) >= 11 is 6.28. The third-order valence-corrected chi connectivity index (χ3v) is 7.63. The predicted molar refractivity (Wildman–Crippen MR) is 140 cm³/mol. The van der Waals surface area contributed by atoms with E-state index in [-0.39, 0.29) is 17.8 Å². The van der Waals surface area contributed by atoms with Crippen LogP contribution in [0.1, 0.15) is 55.9 Å². The number of ether oxygens (including phenoxy) is 2. The Morgan fingerprint density at radius 1 is 0.842 bits per heavy atom. The molecule has 0 radical (unpaired) electrons. The van der Waals surface area contributed by atoms with E-state index in [4.69, 9.17) is 21.1 Å². The van der Waals surface area contributed by atoms with E-state index in [1.807, 2.05) is 6.07 Å². The maximum atomic E-state index is 13.2. The number of Topliss-reactive ketones (excluding diaryl/α,β-unsaturated/α-hetero) is 1. The van der Waals surface area contributed by atoms with Crippen molar-refractivity contribution in [3.63, 3.8) is 0 Å². The topological polar surface area (TPSA) is 90.0 Å². The summed E-state index contributed by atoms with van der Waals surface area (Å²) < 4.78 is 11.6. The minimum Gasteiger partial charge on any atom is -0.496 e. The smallest absolute Gasteiger partial charge is 0.338 e. The number of allylic oxidation sites excluding steroid dienone is 1. The Kier molecular flexibility index (Phi) is 6.08. The van der Waals surface area contributed by atoms with E-state index in [9.17, 15) is 19.2 Å². The summed E-state index contributed by atoms with van der Waals surface area (Å²) in [7, 11) is 0. The highest BCUT2D eigenvalue weighted by Crippen LogP contribution is 2.39. The van der Waals surface area contributed by atoms with Crippen LogP contribution >= 0.6 is 11.6 Å². The fraction of sp³-hybridized carbons (Fsp3) is 0.200. The predicted octanol–water partition coefficient (Wildman–Crippen LogP) is 5.48. The molecular weight excluding hydrogens is 506 g/mol. The van der Waals surface area contributed by atoms with Crippen molar-refractivity contribution in [1.82, 2.24) is 0 Å². The number of ketones is 1. The summed E-state index contributed by atoms with van der Waals surface area (Å²) in [6.07, 6.45) is 2.15. The van der Waals surface area contributed by atoms with Crippen molar-refractivity contribution in [3.05, 3.63) is 106 Å². The summed E-state index contributed by atoms with van der Waals surface area (Å²) in [5, 5.41) is 0.491. The Hall–Kier alpha value is -4.23. The second-order valence-corrected chi connectivity index (χ2v) is 9.94. The number of esters is 1. The number of carbonyl (C=O) groups excluding carboxylic acids is 4. The number of rotatable bonds is 4. The van der Waals surface area contributed by atoms with Gasteiger partial charge in [-0.1, -0.05) is 41.9 Å². The van der Waals surface area contributed by atoms with Crippen LogP contribution in [0.4, 0.5) is 5.69 Å². The van der Waals surface area contributed by atoms with Gasteiger partial charge in [0.15, 0.2) is 5.78 Å². The Morgan fingerprint density at radius 2 is 1.47 bits per heavy atom. The van der Waals surface area contributed by atoms with Crippen LogP contribution < -0.4 is 4.90 Å². The zero-order valence-corrected chi connectivity index (χ0v) is 20.9. The number of halogens is 1. The van der Waals surface area contributed by atoms with Crippen LogP contribution in [0.5, 0.6) is 0 Å². The Labute approximate surface area is 223 Å². The second-order valence-electron chi connectivity index (χ2n) is 9.54. The molecule has 3 atom stereocenters. The average molecular weight is 528 g/mol. The van der Waals surface area contributed by atoms with Crippen molar-refractivity contribution in [3.8, 4) is 0 Å². The van der Waals surface area contributed by atoms with Crippen LogP contribution in [0, 0.1) is 5.92 Å². The molecule has 3 aromatic carbocycles. The van der Waals surface area contributed by atoms with Gasteiger partial charge in [-0.3, -0.25) is 14.4 Å². The van der Waals surface area contributed by atoms with E-state index < -0.39 is 23.9 Å². The molecule has 3 unspecified atom stereocenters. The van der Waals surface area contributed by atoms with Crippen molar-refractivity contribution in [2.45, 2.75) is 31.5 Å². The molecule has 38 heavy (non-hydrogen) atoms. The molecule has 7 nitrogen and oxygen atoms in total. The summed E-state index contributed by atoms with van der Waals surface area (Å²) in [5.41, 5.74) is 2.50. The molecule has 3 aromatic rings. The van der Waals surface area contributed by atoms with Crippen molar-refractivity contribution >= 4 is 46.4 Å². The minimum atomic E-state index is -0.517. The first kappa shape index (κ1) is 24.1. The maximum absolute atomic E-state index is 13.2. The number of carbonyl (C=O) groups is 4. The Bertz CT molecular complexity index is 1480. The lowest BCUT2D eigenvalue weighted by Gasteiger charge is -2.37. The summed E-state index contributed by atoms with van der Waals surface area (Å²) in [5.74, 6) is -1.64. The zero-order valence-electron chi connectivity index (χ0n) is 20.1. The quantitative estimate of drug-likeness (QED) is 0.330. The zero-order chi connectivity index (χ0) is 26.4. The SMILES string of the molecule is O=C(OC1CCC2C(=O)C(c3ccccc3Cl)=COC2C1)c1ccc(N2C(=O)c3ccccc3C2=O)cc1. The lowest BCUT2D eigenvalue weighted by molar-refractivity contribution is -0.126. The number of fused-ring (bicyclic) bond motifs is 2. The van der Waals surface area contributed by atoms with Crippen LogP contribution in [0.3, 0.4) is 0 Å². The standard InChI is InChI=1S/C30H22ClNO6/c31-25-8-4-3-5-20(25)24-16-37-26-15-19(13-14-23(26)27(24)33)38-30(36)17-9-11-18(12-10-17)32-28(34)21-6-1-2-7-22(21)29(32)35/h1-12,16,19,23,26H,13-15H2. The van der Waals surface area contributed by atoms with Crippen molar-refractivity contribution in [2.24, 2.45) is 5.92 Å². The van der Waals surface area contributed by atoms with Crippen LogP contribution in [-0.4, -0.2) is 35.8 Å². The third kappa shape index (κ3) is 4.09. The van der Waals surface area contributed by atoms with Crippen molar-refractivity contribution < 1.29 is 28.7 Å². The van der Waals surface area contributed by atoms with Gasteiger partial charge in [0.1, 0.15) is 12.2 Å². The van der Waals surface area contributed by atoms with Crippen LogP contribution in [0.15, 0.2) is 79.1 Å². The lowest BCUT2D eigenvalue weighted by Crippen LogP contribution is -2.42. The van der Waals surface area contributed by atoms with E-state index >= 15 is 0 Å². The maximum Gasteiger partial charge on any atom is 0.338 e. The number of hydrogen-bond acceptors (Lipinski definition) is 6. The molecule has 1 saturated carbocycles. The average Bonchev–Trinajstić information content (AvgIpc) is 3.19. The van der Waals surface area contributed by atoms with Gasteiger partial charge in [-0.05, 0) is 55.3 Å². The molecule has 0 spiro atoms. The highest BCUT2D eigenvalue weighted by atomic mass is 35.5. The van der Waals surface area contributed by atoms with E-state index in [1.54, 1.807) is 54.6 Å². The van der Waals surface area contributed by atoms with Gasteiger partial charge >= 0.3 is 5.97 Å². The molecule has 190 valence electrons. The van der Waals surface area contributed by atoms with Gasteiger partial charge in [0.05, 0.1) is 40.1 Å². The number of nitrogens with zero attached hydrogens (tertiary/aromatic N) is 1. The summed E-state index contributed by atoms with van der Waals surface area (Å²) in [6, 6.07) is 20.0. The molecule has 6 rings (SSSR count). The number of anilines is 1. The molecule has 1 aliphatic carbocycles. The highest BCUT2D eigenvalue weighted by Gasteiger charge is 2.42. The molecule has 1 fully saturated rings. The Morgan fingerprint density at radius 3 is 2.13 bits per heavy atom.